The first kappa shape index (κ1) is 42.6. The lowest BCUT2D eigenvalue weighted by atomic mass is 9.80. The molecule has 0 heterocycles. The zero-order valence-electron chi connectivity index (χ0n) is 41.8. The van der Waals surface area contributed by atoms with Crippen LogP contribution in [0.2, 0.25) is 0 Å². The number of hydrogen-bond acceptors (Lipinski definition) is 1. The van der Waals surface area contributed by atoms with Crippen molar-refractivity contribution in [3.8, 4) is 66.8 Å². The maximum absolute atomic E-state index is 2.54. The van der Waals surface area contributed by atoms with Crippen molar-refractivity contribution in [2.75, 3.05) is 4.90 Å². The van der Waals surface area contributed by atoms with Crippen molar-refractivity contribution in [3.63, 3.8) is 0 Å². The molecule has 11 aromatic carbocycles. The van der Waals surface area contributed by atoms with Gasteiger partial charge in [-0.3, -0.25) is 0 Å². The Hall–Kier alpha value is -8.26. The van der Waals surface area contributed by atoms with Crippen LogP contribution in [0, 0.1) is 0 Å². The summed E-state index contributed by atoms with van der Waals surface area (Å²) in [5.41, 5.74) is 26.5. The van der Waals surface area contributed by atoms with E-state index in [-0.39, 0.29) is 16.2 Å². The first-order valence-corrected chi connectivity index (χ1v) is 25.7. The molecule has 1 heteroatoms. The highest BCUT2D eigenvalue weighted by atomic mass is 15.1. The fourth-order valence-corrected chi connectivity index (χ4v) is 13.1. The van der Waals surface area contributed by atoms with Crippen molar-refractivity contribution >= 4 is 38.6 Å². The van der Waals surface area contributed by atoms with Crippen molar-refractivity contribution < 1.29 is 0 Å². The molecule has 0 fully saturated rings. The summed E-state index contributed by atoms with van der Waals surface area (Å²) in [4.78, 5) is 2.54. The highest BCUT2D eigenvalue weighted by Gasteiger charge is 2.40. The number of nitrogens with zero attached hydrogens (tertiary/aromatic N) is 1. The first-order valence-electron chi connectivity index (χ1n) is 25.7. The van der Waals surface area contributed by atoms with E-state index in [0.29, 0.717) is 0 Å². The minimum Gasteiger partial charge on any atom is -0.310 e. The van der Waals surface area contributed by atoms with Gasteiger partial charge >= 0.3 is 0 Å². The maximum atomic E-state index is 2.54. The van der Waals surface area contributed by atoms with Gasteiger partial charge in [-0.05, 0) is 176 Å². The average molecular weight is 922 g/mol. The third-order valence-corrected chi connectivity index (χ3v) is 17.1. The number of fused-ring (bicyclic) bond motifs is 11. The lowest BCUT2D eigenvalue weighted by molar-refractivity contribution is 0.659. The van der Waals surface area contributed by atoms with Crippen molar-refractivity contribution in [2.24, 2.45) is 0 Å². The quantitative estimate of drug-likeness (QED) is 0.161. The van der Waals surface area contributed by atoms with E-state index in [0.717, 1.165) is 17.1 Å². The molecule has 72 heavy (non-hydrogen) atoms. The van der Waals surface area contributed by atoms with Gasteiger partial charge in [0.05, 0.1) is 0 Å². The average Bonchev–Trinajstić information content (AvgIpc) is 3.89. The zero-order chi connectivity index (χ0) is 48.7. The fraction of sp³-hybridized carbons (Fsp3) is 0.127. The van der Waals surface area contributed by atoms with Gasteiger partial charge in [0.25, 0.3) is 0 Å². The molecular weight excluding hydrogens is 867 g/mol. The Morgan fingerprint density at radius 3 is 0.972 bits per heavy atom. The lowest BCUT2D eigenvalue weighted by Crippen LogP contribution is -2.19. The maximum Gasteiger partial charge on any atom is 0.0465 e. The van der Waals surface area contributed by atoms with Gasteiger partial charge in [-0.25, -0.2) is 0 Å². The van der Waals surface area contributed by atoms with E-state index in [1.165, 1.54) is 122 Å². The molecule has 0 radical (unpaired) electrons. The molecule has 0 amide bonds. The third-order valence-electron chi connectivity index (χ3n) is 17.1. The Kier molecular flexibility index (Phi) is 9.09. The molecule has 0 aromatic heterocycles. The van der Waals surface area contributed by atoms with E-state index in [1.807, 2.05) is 0 Å². The summed E-state index contributed by atoms with van der Waals surface area (Å²) in [7, 11) is 0. The highest BCUT2D eigenvalue weighted by Crippen LogP contribution is 2.56. The summed E-state index contributed by atoms with van der Waals surface area (Å²) < 4.78 is 0. The largest absolute Gasteiger partial charge is 0.310 e. The van der Waals surface area contributed by atoms with Crippen LogP contribution in [0.15, 0.2) is 224 Å². The van der Waals surface area contributed by atoms with Gasteiger partial charge in [0.15, 0.2) is 0 Å². The molecule has 0 spiro atoms. The van der Waals surface area contributed by atoms with E-state index in [1.54, 1.807) is 0 Å². The van der Waals surface area contributed by atoms with Gasteiger partial charge < -0.3 is 4.90 Å². The molecule has 0 saturated carbocycles. The molecule has 344 valence electrons. The molecule has 1 nitrogen and oxygen atoms in total. The van der Waals surface area contributed by atoms with E-state index >= 15 is 0 Å². The van der Waals surface area contributed by atoms with Crippen LogP contribution in [0.25, 0.3) is 88.3 Å². The van der Waals surface area contributed by atoms with Crippen molar-refractivity contribution in [2.45, 2.75) is 57.8 Å². The molecular formula is C71H55N. The number of rotatable bonds is 6. The van der Waals surface area contributed by atoms with Crippen molar-refractivity contribution in [1.29, 1.82) is 0 Å². The molecule has 11 aromatic rings. The van der Waals surface area contributed by atoms with Crippen LogP contribution in [0.3, 0.4) is 0 Å². The number of benzene rings is 11. The summed E-state index contributed by atoms with van der Waals surface area (Å²) in [6.45, 7) is 14.5. The van der Waals surface area contributed by atoms with E-state index in [9.17, 15) is 0 Å². The first-order chi connectivity index (χ1) is 34.9. The van der Waals surface area contributed by atoms with Crippen molar-refractivity contribution in [1.82, 2.24) is 0 Å². The topological polar surface area (TPSA) is 3.24 Å². The molecule has 14 rings (SSSR count). The van der Waals surface area contributed by atoms with E-state index in [4.69, 9.17) is 0 Å². The summed E-state index contributed by atoms with van der Waals surface area (Å²) in [6, 6.07) is 84.8. The van der Waals surface area contributed by atoms with Gasteiger partial charge in [0.2, 0.25) is 0 Å². The van der Waals surface area contributed by atoms with E-state index in [2.05, 4.69) is 271 Å². The Morgan fingerprint density at radius 1 is 0.236 bits per heavy atom. The Morgan fingerprint density at radius 2 is 0.556 bits per heavy atom. The van der Waals surface area contributed by atoms with Gasteiger partial charge in [0, 0.05) is 33.3 Å². The predicted octanol–water partition coefficient (Wildman–Crippen LogP) is 19.4. The van der Waals surface area contributed by atoms with Gasteiger partial charge in [-0.2, -0.15) is 0 Å². The molecule has 3 aliphatic carbocycles. The Balaban J connectivity index is 0.905. The number of hydrogen-bond donors (Lipinski definition) is 0. The van der Waals surface area contributed by atoms with Crippen LogP contribution in [-0.4, -0.2) is 0 Å². The summed E-state index contributed by atoms with van der Waals surface area (Å²) in [5.74, 6) is 0. The van der Waals surface area contributed by atoms with Crippen LogP contribution >= 0.6 is 0 Å². The molecule has 0 N–H and O–H groups in total. The highest BCUT2D eigenvalue weighted by molar-refractivity contribution is 6.00. The Labute approximate surface area is 423 Å². The van der Waals surface area contributed by atoms with Gasteiger partial charge in [0.1, 0.15) is 0 Å². The Bertz CT molecular complexity index is 3870. The molecule has 0 atom stereocenters. The third kappa shape index (κ3) is 6.20. The van der Waals surface area contributed by atoms with E-state index < -0.39 is 0 Å². The van der Waals surface area contributed by atoms with Crippen LogP contribution in [0.5, 0.6) is 0 Å². The second-order valence-corrected chi connectivity index (χ2v) is 22.1. The lowest BCUT2D eigenvalue weighted by Gasteiger charge is -2.31. The summed E-state index contributed by atoms with van der Waals surface area (Å²) in [5, 5.41) is 5.11. The summed E-state index contributed by atoms with van der Waals surface area (Å²) in [6.07, 6.45) is 0. The monoisotopic (exact) mass is 921 g/mol. The molecule has 0 aliphatic heterocycles. The fourth-order valence-electron chi connectivity index (χ4n) is 13.1. The molecule has 3 aliphatic rings. The predicted molar refractivity (Wildman–Crippen MR) is 305 cm³/mol. The second kappa shape index (κ2) is 15.4. The molecule has 0 bridgehead atoms. The van der Waals surface area contributed by atoms with Crippen molar-refractivity contribution in [3.05, 3.63) is 258 Å². The normalized spacial score (nSPS) is 14.9. The summed E-state index contributed by atoms with van der Waals surface area (Å²) >= 11 is 0. The standard InChI is InChI=1S/C71H55N/c1-69(2)63-38-47(44-16-8-7-9-17-44)26-32-57(63)60-35-29-50(41-66(60)69)72(51-30-36-61-58-33-27-48(39-64(58)70(3,4)67(61)42-51)55-24-14-20-45-18-10-12-22-53(45)55)52-31-37-62-59-34-28-49(40-65(59)71(5,6)68(62)43-52)56-25-15-21-46-19-11-13-23-54(46)56/h7-43H,1-6H3. The van der Waals surface area contributed by atoms with Crippen LogP contribution in [0.4, 0.5) is 17.1 Å². The minimum atomic E-state index is -0.228. The van der Waals surface area contributed by atoms with Crippen LogP contribution in [-0.2, 0) is 16.2 Å². The van der Waals surface area contributed by atoms with Gasteiger partial charge in [-0.1, -0.05) is 211 Å². The smallest absolute Gasteiger partial charge is 0.0465 e. The van der Waals surface area contributed by atoms with Crippen LogP contribution in [0.1, 0.15) is 74.9 Å². The number of anilines is 3. The van der Waals surface area contributed by atoms with Crippen LogP contribution < -0.4 is 4.90 Å². The molecule has 0 saturated heterocycles. The van der Waals surface area contributed by atoms with Gasteiger partial charge in [-0.15, -0.1) is 0 Å². The SMILES string of the molecule is CC1(C)c2cc(-c3ccccc3)ccc2-c2ccc(N(c3ccc4c(c3)C(C)(C)c3cc(-c5cccc6ccccc56)ccc3-4)c3ccc4c(c3)C(C)(C)c3cc(-c5cccc6ccccc56)ccc3-4)cc21. The zero-order valence-corrected chi connectivity index (χ0v) is 41.8. The minimum absolute atomic E-state index is 0.205. The molecule has 0 unspecified atom stereocenters. The second-order valence-electron chi connectivity index (χ2n) is 22.1.